The van der Waals surface area contributed by atoms with Crippen LogP contribution in [0.3, 0.4) is 0 Å². The summed E-state index contributed by atoms with van der Waals surface area (Å²) in [7, 11) is 0. The molecular formula is C21H21NO2. The molecule has 122 valence electrons. The van der Waals surface area contributed by atoms with Crippen molar-refractivity contribution >= 4 is 10.9 Å². The Morgan fingerprint density at radius 1 is 1.12 bits per heavy atom. The fraction of sp³-hybridized carbons (Fsp3) is 0.238. The predicted molar refractivity (Wildman–Crippen MR) is 96.4 cm³/mol. The molecule has 3 aromatic rings. The summed E-state index contributed by atoms with van der Waals surface area (Å²) >= 11 is 0. The molecule has 24 heavy (non-hydrogen) atoms. The van der Waals surface area contributed by atoms with Crippen LogP contribution in [-0.4, -0.2) is 17.7 Å². The molecule has 1 N–H and O–H groups in total. The van der Waals surface area contributed by atoms with E-state index in [0.717, 1.165) is 17.8 Å². The summed E-state index contributed by atoms with van der Waals surface area (Å²) in [5, 5.41) is 1.23. The van der Waals surface area contributed by atoms with Crippen LogP contribution in [0.2, 0.25) is 0 Å². The van der Waals surface area contributed by atoms with E-state index in [4.69, 9.17) is 9.47 Å². The zero-order chi connectivity index (χ0) is 16.4. The summed E-state index contributed by atoms with van der Waals surface area (Å²) in [6.45, 7) is 5.21. The fourth-order valence-electron chi connectivity index (χ4n) is 3.42. The average molecular weight is 319 g/mol. The number of benzene rings is 2. The second-order valence-electron chi connectivity index (χ2n) is 6.24. The van der Waals surface area contributed by atoms with E-state index in [-0.39, 0.29) is 6.10 Å². The lowest BCUT2D eigenvalue weighted by atomic mass is 9.91. The van der Waals surface area contributed by atoms with E-state index in [0.29, 0.717) is 19.1 Å². The fourth-order valence-corrected chi connectivity index (χ4v) is 3.42. The molecule has 0 saturated heterocycles. The molecule has 1 aliphatic rings. The van der Waals surface area contributed by atoms with Gasteiger partial charge >= 0.3 is 0 Å². The van der Waals surface area contributed by atoms with Gasteiger partial charge in [0.1, 0.15) is 6.10 Å². The van der Waals surface area contributed by atoms with Gasteiger partial charge in [-0.25, -0.2) is 0 Å². The van der Waals surface area contributed by atoms with Crippen molar-refractivity contribution in [2.45, 2.75) is 25.0 Å². The summed E-state index contributed by atoms with van der Waals surface area (Å²) in [6, 6.07) is 18.6. The molecular weight excluding hydrogens is 298 g/mol. The van der Waals surface area contributed by atoms with Gasteiger partial charge in [0, 0.05) is 22.4 Å². The number of ether oxygens (including phenoxy) is 2. The Morgan fingerprint density at radius 3 is 2.75 bits per heavy atom. The van der Waals surface area contributed by atoms with E-state index >= 15 is 0 Å². The number of hydrogen-bond acceptors (Lipinski definition) is 2. The first kappa shape index (κ1) is 15.0. The molecule has 0 spiro atoms. The van der Waals surface area contributed by atoms with Crippen molar-refractivity contribution < 1.29 is 9.47 Å². The van der Waals surface area contributed by atoms with Crippen LogP contribution in [0, 0.1) is 0 Å². The van der Waals surface area contributed by atoms with Crippen LogP contribution < -0.4 is 4.74 Å². The van der Waals surface area contributed by atoms with Gasteiger partial charge in [-0.3, -0.25) is 0 Å². The van der Waals surface area contributed by atoms with Crippen molar-refractivity contribution in [3.8, 4) is 5.88 Å². The molecule has 0 radical (unpaired) electrons. The second kappa shape index (κ2) is 6.54. The maximum absolute atomic E-state index is 6.03. The normalized spacial score (nSPS) is 19.7. The van der Waals surface area contributed by atoms with Crippen LogP contribution in [0.4, 0.5) is 0 Å². The number of aromatic amines is 1. The van der Waals surface area contributed by atoms with Gasteiger partial charge in [-0.2, -0.15) is 0 Å². The molecule has 2 aromatic carbocycles. The van der Waals surface area contributed by atoms with Crippen molar-refractivity contribution in [2.24, 2.45) is 0 Å². The minimum Gasteiger partial charge on any atom is -0.471 e. The van der Waals surface area contributed by atoms with Gasteiger partial charge < -0.3 is 14.5 Å². The highest BCUT2D eigenvalue weighted by molar-refractivity contribution is 5.86. The Labute approximate surface area is 141 Å². The van der Waals surface area contributed by atoms with E-state index in [1.807, 2.05) is 30.3 Å². The van der Waals surface area contributed by atoms with Gasteiger partial charge in [-0.05, 0) is 18.1 Å². The molecule has 3 nitrogen and oxygen atoms in total. The Hall–Kier alpha value is -2.52. The van der Waals surface area contributed by atoms with Crippen molar-refractivity contribution in [2.75, 3.05) is 6.61 Å². The highest BCUT2D eigenvalue weighted by Gasteiger charge is 2.30. The number of para-hydroxylation sites is 1. The lowest BCUT2D eigenvalue weighted by Gasteiger charge is -2.28. The molecule has 0 unspecified atom stereocenters. The van der Waals surface area contributed by atoms with E-state index in [9.17, 15) is 0 Å². The van der Waals surface area contributed by atoms with Crippen molar-refractivity contribution in [3.05, 3.63) is 78.4 Å². The van der Waals surface area contributed by atoms with E-state index < -0.39 is 0 Å². The molecule has 0 aliphatic carbocycles. The summed E-state index contributed by atoms with van der Waals surface area (Å²) in [5.41, 5.74) is 3.54. The van der Waals surface area contributed by atoms with E-state index in [2.05, 4.69) is 41.9 Å². The molecule has 1 aliphatic heterocycles. The maximum Gasteiger partial charge on any atom is 0.196 e. The van der Waals surface area contributed by atoms with Crippen LogP contribution in [0.5, 0.6) is 5.88 Å². The van der Waals surface area contributed by atoms with Crippen molar-refractivity contribution in [3.63, 3.8) is 0 Å². The molecule has 2 atom stereocenters. The Kier molecular flexibility index (Phi) is 4.09. The van der Waals surface area contributed by atoms with Gasteiger partial charge in [0.15, 0.2) is 5.88 Å². The number of fused-ring (bicyclic) bond motifs is 3. The Bertz CT molecular complexity index is 837. The standard InChI is InChI=1S/C21H21NO2/c1-2-17-12-16(14-23-13-15-8-4-3-5-9-15)20-18-10-6-7-11-19(18)22-21(20)24-17/h2-11,16-17,22H,1,12-14H2/t16-,17+/m1/s1. The zero-order valence-corrected chi connectivity index (χ0v) is 13.6. The highest BCUT2D eigenvalue weighted by atomic mass is 16.5. The topological polar surface area (TPSA) is 34.2 Å². The quantitative estimate of drug-likeness (QED) is 0.685. The number of hydrogen-bond donors (Lipinski definition) is 1. The lowest BCUT2D eigenvalue weighted by molar-refractivity contribution is 0.0848. The van der Waals surface area contributed by atoms with Crippen LogP contribution in [0.15, 0.2) is 67.3 Å². The Morgan fingerprint density at radius 2 is 1.92 bits per heavy atom. The molecule has 3 heteroatoms. The lowest BCUT2D eigenvalue weighted by Crippen LogP contribution is -2.25. The molecule has 0 bridgehead atoms. The summed E-state index contributed by atoms with van der Waals surface area (Å²) in [6.07, 6.45) is 2.79. The molecule has 0 fully saturated rings. The van der Waals surface area contributed by atoms with Gasteiger partial charge in [0.2, 0.25) is 0 Å². The minimum absolute atomic E-state index is 0.0240. The SMILES string of the molecule is C=C[C@H]1C[C@H](COCc2ccccc2)c2c([nH]c3ccccc23)O1. The van der Waals surface area contributed by atoms with Crippen LogP contribution in [0.25, 0.3) is 10.9 Å². The Balaban J connectivity index is 1.57. The third-order valence-corrected chi connectivity index (χ3v) is 4.60. The maximum atomic E-state index is 6.03. The third kappa shape index (κ3) is 2.83. The first-order valence-electron chi connectivity index (χ1n) is 8.36. The molecule has 0 saturated carbocycles. The van der Waals surface area contributed by atoms with Gasteiger partial charge in [0.25, 0.3) is 0 Å². The minimum atomic E-state index is 0.0240. The summed E-state index contributed by atoms with van der Waals surface area (Å²) < 4.78 is 12.1. The molecule has 2 heterocycles. The number of nitrogens with one attached hydrogen (secondary N) is 1. The largest absolute Gasteiger partial charge is 0.471 e. The predicted octanol–water partition coefficient (Wildman–Crippen LogP) is 4.81. The smallest absolute Gasteiger partial charge is 0.196 e. The summed E-state index contributed by atoms with van der Waals surface area (Å²) in [5.74, 6) is 1.16. The first-order chi connectivity index (χ1) is 11.8. The molecule has 4 rings (SSSR count). The van der Waals surface area contributed by atoms with Crippen LogP contribution in [-0.2, 0) is 11.3 Å². The average Bonchev–Trinajstić information content (AvgIpc) is 3.01. The second-order valence-corrected chi connectivity index (χ2v) is 6.24. The number of H-pyrrole nitrogens is 1. The van der Waals surface area contributed by atoms with Crippen LogP contribution in [0.1, 0.15) is 23.5 Å². The van der Waals surface area contributed by atoms with Gasteiger partial charge in [0.05, 0.1) is 13.2 Å². The van der Waals surface area contributed by atoms with Crippen LogP contribution >= 0.6 is 0 Å². The number of rotatable bonds is 5. The monoisotopic (exact) mass is 319 g/mol. The number of aromatic nitrogens is 1. The van der Waals surface area contributed by atoms with Gasteiger partial charge in [-0.15, -0.1) is 0 Å². The highest BCUT2D eigenvalue weighted by Crippen LogP contribution is 2.41. The van der Waals surface area contributed by atoms with Crippen molar-refractivity contribution in [1.29, 1.82) is 0 Å². The van der Waals surface area contributed by atoms with E-state index in [1.54, 1.807) is 0 Å². The molecule has 0 amide bonds. The van der Waals surface area contributed by atoms with Gasteiger partial charge in [-0.1, -0.05) is 61.2 Å². The molecule has 1 aromatic heterocycles. The first-order valence-corrected chi connectivity index (χ1v) is 8.36. The zero-order valence-electron chi connectivity index (χ0n) is 13.6. The van der Waals surface area contributed by atoms with Crippen molar-refractivity contribution in [1.82, 2.24) is 4.98 Å². The van der Waals surface area contributed by atoms with E-state index in [1.165, 1.54) is 16.5 Å². The third-order valence-electron chi connectivity index (χ3n) is 4.60. The summed E-state index contributed by atoms with van der Waals surface area (Å²) in [4.78, 5) is 3.39.